The number of hydrogen-bond acceptors (Lipinski definition) is 6. The number of quaternary nitrogens is 1. The van der Waals surface area contributed by atoms with Gasteiger partial charge in [-0.1, -0.05) is 0 Å². The minimum absolute atomic E-state index is 0.253. The van der Waals surface area contributed by atoms with Gasteiger partial charge in [0.2, 0.25) is 0 Å². The highest BCUT2D eigenvalue weighted by Gasteiger charge is 2.27. The Morgan fingerprint density at radius 3 is 2.50 bits per heavy atom. The third-order valence-corrected chi connectivity index (χ3v) is 4.85. The van der Waals surface area contributed by atoms with Crippen LogP contribution < -0.4 is 14.4 Å². The van der Waals surface area contributed by atoms with Gasteiger partial charge in [0.15, 0.2) is 23.0 Å². The number of ether oxygens (including phenoxy) is 3. The van der Waals surface area contributed by atoms with Crippen molar-refractivity contribution >= 4 is 16.6 Å². The van der Waals surface area contributed by atoms with Crippen molar-refractivity contribution in [1.29, 1.82) is 0 Å². The largest absolute Gasteiger partial charge is 0.493 e. The quantitative estimate of drug-likeness (QED) is 0.732. The number of nitrogens with zero attached hydrogens (tertiary/aromatic N) is 4. The molecule has 0 radical (unpaired) electrons. The Kier molecular flexibility index (Phi) is 4.37. The molecule has 0 saturated carbocycles. The Morgan fingerprint density at radius 2 is 1.81 bits per heavy atom. The van der Waals surface area contributed by atoms with Crippen LogP contribution in [-0.4, -0.2) is 59.1 Å². The molecule has 3 heterocycles. The van der Waals surface area contributed by atoms with Crippen LogP contribution >= 0.6 is 0 Å². The van der Waals surface area contributed by atoms with E-state index in [4.69, 9.17) is 14.2 Å². The normalized spacial score (nSPS) is 23.5. The van der Waals surface area contributed by atoms with Gasteiger partial charge in [0.1, 0.15) is 38.2 Å². The van der Waals surface area contributed by atoms with Gasteiger partial charge in [-0.15, -0.1) is 10.2 Å². The van der Waals surface area contributed by atoms with Gasteiger partial charge in [0.25, 0.3) is 0 Å². The van der Waals surface area contributed by atoms with Crippen LogP contribution in [0, 0.1) is 0 Å². The highest BCUT2D eigenvalue weighted by molar-refractivity contribution is 5.93. The first kappa shape index (κ1) is 17.0. The molecule has 3 aromatic rings. The molecule has 1 aliphatic rings. The van der Waals surface area contributed by atoms with Crippen molar-refractivity contribution in [2.24, 2.45) is 0 Å². The molecule has 1 aromatic carbocycles. The molecule has 2 atom stereocenters. The van der Waals surface area contributed by atoms with E-state index in [0.29, 0.717) is 11.5 Å². The number of methoxy groups -OCH3 is 2. The standard InChI is InChI=1S/C18H23N5O3/c1-11-7-22(8-12(2)26-11)9-17-20-21-18-13-5-15(24-3)16(25-4)6-14(13)19-10-23(17)18/h5-6,10-12H,7-9H2,1-4H3/p+1/t11-,12-/m0/s1. The van der Waals surface area contributed by atoms with E-state index in [0.717, 1.165) is 42.0 Å². The van der Waals surface area contributed by atoms with Gasteiger partial charge in [-0.2, -0.15) is 0 Å². The van der Waals surface area contributed by atoms with Crippen molar-refractivity contribution in [1.82, 2.24) is 19.6 Å². The predicted octanol–water partition coefficient (Wildman–Crippen LogP) is 0.487. The Bertz CT molecular complexity index is 931. The molecule has 0 spiro atoms. The molecule has 0 aliphatic carbocycles. The van der Waals surface area contributed by atoms with Gasteiger partial charge >= 0.3 is 0 Å². The molecule has 0 bridgehead atoms. The molecule has 0 unspecified atom stereocenters. The summed E-state index contributed by atoms with van der Waals surface area (Å²) in [6.45, 7) is 6.95. The Hall–Kier alpha value is -2.45. The van der Waals surface area contributed by atoms with Crippen LogP contribution in [0.25, 0.3) is 16.6 Å². The number of hydrogen-bond donors (Lipinski definition) is 1. The summed E-state index contributed by atoms with van der Waals surface area (Å²) in [6, 6.07) is 3.76. The molecule has 8 nitrogen and oxygen atoms in total. The van der Waals surface area contributed by atoms with E-state index in [1.54, 1.807) is 20.5 Å². The molecule has 1 fully saturated rings. The summed E-state index contributed by atoms with van der Waals surface area (Å²) < 4.78 is 18.6. The molecule has 26 heavy (non-hydrogen) atoms. The topological polar surface area (TPSA) is 75.2 Å². The zero-order valence-electron chi connectivity index (χ0n) is 15.5. The SMILES string of the molecule is COc1cc2ncn3c(C[NH+]4C[C@H](C)O[C@@H](C)C4)nnc3c2cc1OC. The van der Waals surface area contributed by atoms with Crippen LogP contribution in [0.5, 0.6) is 11.5 Å². The molecule has 1 aliphatic heterocycles. The van der Waals surface area contributed by atoms with Crippen molar-refractivity contribution in [2.75, 3.05) is 27.3 Å². The van der Waals surface area contributed by atoms with E-state index in [1.165, 1.54) is 4.90 Å². The number of rotatable bonds is 4. The molecule has 0 amide bonds. The van der Waals surface area contributed by atoms with Crippen LogP contribution in [-0.2, 0) is 11.3 Å². The molecular weight excluding hydrogens is 334 g/mol. The Labute approximate surface area is 151 Å². The molecule has 2 aromatic heterocycles. The Morgan fingerprint density at radius 1 is 1.12 bits per heavy atom. The number of nitrogens with one attached hydrogen (secondary N) is 1. The zero-order valence-corrected chi connectivity index (χ0v) is 15.5. The summed E-state index contributed by atoms with van der Waals surface area (Å²) >= 11 is 0. The van der Waals surface area contributed by atoms with Crippen LogP contribution in [0.1, 0.15) is 19.7 Å². The number of morpholine rings is 1. The second-order valence-corrected chi connectivity index (χ2v) is 6.87. The van der Waals surface area contributed by atoms with Gasteiger partial charge < -0.3 is 19.1 Å². The zero-order chi connectivity index (χ0) is 18.3. The Balaban J connectivity index is 1.73. The monoisotopic (exact) mass is 358 g/mol. The fourth-order valence-corrected chi connectivity index (χ4v) is 3.78. The first-order chi connectivity index (χ1) is 12.6. The average Bonchev–Trinajstić information content (AvgIpc) is 3.02. The molecule has 1 saturated heterocycles. The second-order valence-electron chi connectivity index (χ2n) is 6.87. The van der Waals surface area contributed by atoms with E-state index in [2.05, 4.69) is 29.0 Å². The first-order valence-electron chi connectivity index (χ1n) is 8.82. The lowest BCUT2D eigenvalue weighted by molar-refractivity contribution is -0.929. The minimum Gasteiger partial charge on any atom is -0.493 e. The smallest absolute Gasteiger partial charge is 0.193 e. The average molecular weight is 358 g/mol. The highest BCUT2D eigenvalue weighted by atomic mass is 16.5. The van der Waals surface area contributed by atoms with Crippen molar-refractivity contribution in [3.8, 4) is 11.5 Å². The minimum atomic E-state index is 0.253. The lowest BCUT2D eigenvalue weighted by Crippen LogP contribution is -3.14. The third-order valence-electron chi connectivity index (χ3n) is 4.85. The van der Waals surface area contributed by atoms with Crippen molar-refractivity contribution < 1.29 is 19.1 Å². The van der Waals surface area contributed by atoms with Crippen molar-refractivity contribution in [3.05, 3.63) is 24.3 Å². The summed E-state index contributed by atoms with van der Waals surface area (Å²) in [5.41, 5.74) is 1.58. The summed E-state index contributed by atoms with van der Waals surface area (Å²) in [7, 11) is 3.24. The van der Waals surface area contributed by atoms with Gasteiger partial charge in [0, 0.05) is 11.5 Å². The number of benzene rings is 1. The summed E-state index contributed by atoms with van der Waals surface area (Å²) in [4.78, 5) is 6.01. The van der Waals surface area contributed by atoms with Gasteiger partial charge in [-0.25, -0.2) is 4.98 Å². The van der Waals surface area contributed by atoms with E-state index in [9.17, 15) is 0 Å². The fourth-order valence-electron chi connectivity index (χ4n) is 3.78. The third kappa shape index (κ3) is 2.95. The molecular formula is C18H24N5O3+. The van der Waals surface area contributed by atoms with Gasteiger partial charge in [-0.05, 0) is 19.9 Å². The van der Waals surface area contributed by atoms with Gasteiger partial charge in [-0.3, -0.25) is 4.40 Å². The molecule has 138 valence electrons. The summed E-state index contributed by atoms with van der Waals surface area (Å²) in [5, 5.41) is 9.73. The molecule has 1 N–H and O–H groups in total. The fraction of sp³-hybridized carbons (Fsp3) is 0.500. The lowest BCUT2D eigenvalue weighted by Gasteiger charge is -2.31. The molecule has 8 heteroatoms. The first-order valence-corrected chi connectivity index (χ1v) is 8.82. The number of aromatic nitrogens is 4. The van der Waals surface area contributed by atoms with Crippen LogP contribution in [0.15, 0.2) is 18.5 Å². The lowest BCUT2D eigenvalue weighted by atomic mass is 10.2. The molecule has 4 rings (SSSR count). The van der Waals surface area contributed by atoms with E-state index in [-0.39, 0.29) is 12.2 Å². The van der Waals surface area contributed by atoms with E-state index in [1.807, 2.05) is 16.5 Å². The summed E-state index contributed by atoms with van der Waals surface area (Å²) in [6.07, 6.45) is 2.29. The van der Waals surface area contributed by atoms with Crippen LogP contribution in [0.3, 0.4) is 0 Å². The van der Waals surface area contributed by atoms with Crippen molar-refractivity contribution in [2.45, 2.75) is 32.6 Å². The highest BCUT2D eigenvalue weighted by Crippen LogP contribution is 2.32. The maximum atomic E-state index is 5.83. The van der Waals surface area contributed by atoms with Crippen LogP contribution in [0.2, 0.25) is 0 Å². The van der Waals surface area contributed by atoms with Crippen LogP contribution in [0.4, 0.5) is 0 Å². The van der Waals surface area contributed by atoms with E-state index >= 15 is 0 Å². The summed E-state index contributed by atoms with van der Waals surface area (Å²) in [5.74, 6) is 2.21. The van der Waals surface area contributed by atoms with E-state index < -0.39 is 0 Å². The second kappa shape index (κ2) is 6.69. The maximum absolute atomic E-state index is 5.83. The predicted molar refractivity (Wildman–Crippen MR) is 95.8 cm³/mol. The maximum Gasteiger partial charge on any atom is 0.193 e. The van der Waals surface area contributed by atoms with Crippen molar-refractivity contribution in [3.63, 3.8) is 0 Å². The number of fused-ring (bicyclic) bond motifs is 3. The van der Waals surface area contributed by atoms with Gasteiger partial charge in [0.05, 0.1) is 19.7 Å².